The number of benzene rings is 1. The van der Waals surface area contributed by atoms with Crippen LogP contribution in [-0.2, 0) is 9.53 Å². The molecule has 112 valence electrons. The lowest BCUT2D eigenvalue weighted by molar-refractivity contribution is -0.145. The third-order valence-electron chi connectivity index (χ3n) is 3.41. The summed E-state index contributed by atoms with van der Waals surface area (Å²) < 4.78 is 5.19. The Bertz CT molecular complexity index is 448. The maximum Gasteiger partial charge on any atom is 0.313 e. The molecule has 0 heterocycles. The van der Waals surface area contributed by atoms with Gasteiger partial charge in [-0.3, -0.25) is 4.79 Å². The number of carbonyl (C=O) groups excluding carboxylic acids is 1. The monoisotopic (exact) mass is 297 g/mol. The second-order valence-corrected chi connectivity index (χ2v) is 5.64. The highest BCUT2D eigenvalue weighted by atomic mass is 35.5. The van der Waals surface area contributed by atoms with Crippen molar-refractivity contribution in [1.82, 2.24) is 0 Å². The van der Waals surface area contributed by atoms with Gasteiger partial charge < -0.3 is 10.5 Å². The minimum absolute atomic E-state index is 0.218. The standard InChI is InChI=1S/C16H24ClNO2/c1-4-6-11(3)9-14(16(19)20-5-2)13-10-12(17)7-8-15(13)18/h7-8,10-11,14H,4-6,9,18H2,1-3H3. The lowest BCUT2D eigenvalue weighted by Gasteiger charge is -2.21. The molecule has 0 aliphatic carbocycles. The van der Waals surface area contributed by atoms with E-state index >= 15 is 0 Å². The van der Waals surface area contributed by atoms with Gasteiger partial charge in [0.15, 0.2) is 0 Å². The Kier molecular flexibility index (Phi) is 6.86. The van der Waals surface area contributed by atoms with Crippen LogP contribution in [0, 0.1) is 5.92 Å². The second kappa shape index (κ2) is 8.15. The molecule has 0 fully saturated rings. The van der Waals surface area contributed by atoms with Crippen molar-refractivity contribution < 1.29 is 9.53 Å². The Morgan fingerprint density at radius 2 is 2.10 bits per heavy atom. The third kappa shape index (κ3) is 4.71. The van der Waals surface area contributed by atoms with Gasteiger partial charge in [0.1, 0.15) is 0 Å². The van der Waals surface area contributed by atoms with E-state index in [1.54, 1.807) is 18.2 Å². The van der Waals surface area contributed by atoms with Crippen LogP contribution in [-0.4, -0.2) is 12.6 Å². The molecule has 4 heteroatoms. The van der Waals surface area contributed by atoms with Gasteiger partial charge in [0.25, 0.3) is 0 Å². The first kappa shape index (κ1) is 16.8. The first-order valence-electron chi connectivity index (χ1n) is 7.21. The van der Waals surface area contributed by atoms with Gasteiger partial charge in [-0.25, -0.2) is 0 Å². The van der Waals surface area contributed by atoms with Gasteiger partial charge >= 0.3 is 5.97 Å². The molecule has 2 unspecified atom stereocenters. The molecule has 1 aromatic rings. The van der Waals surface area contributed by atoms with Crippen molar-refractivity contribution in [3.63, 3.8) is 0 Å². The summed E-state index contributed by atoms with van der Waals surface area (Å²) in [7, 11) is 0. The summed E-state index contributed by atoms with van der Waals surface area (Å²) >= 11 is 6.03. The van der Waals surface area contributed by atoms with Crippen LogP contribution in [0.3, 0.4) is 0 Å². The van der Waals surface area contributed by atoms with Crippen molar-refractivity contribution in [2.24, 2.45) is 5.92 Å². The Morgan fingerprint density at radius 3 is 2.70 bits per heavy atom. The van der Waals surface area contributed by atoms with Crippen molar-refractivity contribution >= 4 is 23.3 Å². The molecule has 1 aromatic carbocycles. The Balaban J connectivity index is 3.02. The smallest absolute Gasteiger partial charge is 0.313 e. The van der Waals surface area contributed by atoms with Crippen molar-refractivity contribution in [1.29, 1.82) is 0 Å². The summed E-state index contributed by atoms with van der Waals surface area (Å²) in [5, 5.41) is 0.589. The van der Waals surface area contributed by atoms with Crippen LogP contribution in [0.15, 0.2) is 18.2 Å². The van der Waals surface area contributed by atoms with E-state index in [9.17, 15) is 4.79 Å². The summed E-state index contributed by atoms with van der Waals surface area (Å²) in [4.78, 5) is 12.2. The molecule has 3 nitrogen and oxygen atoms in total. The average molecular weight is 298 g/mol. The molecule has 0 radical (unpaired) electrons. The number of rotatable bonds is 7. The summed E-state index contributed by atoms with van der Waals surface area (Å²) in [5.74, 6) is -0.118. The van der Waals surface area contributed by atoms with Crippen LogP contribution >= 0.6 is 11.6 Å². The van der Waals surface area contributed by atoms with E-state index in [0.717, 1.165) is 24.8 Å². The number of anilines is 1. The minimum atomic E-state index is -0.338. The predicted molar refractivity (Wildman–Crippen MR) is 83.9 cm³/mol. The fraction of sp³-hybridized carbons (Fsp3) is 0.562. The lowest BCUT2D eigenvalue weighted by atomic mass is 9.87. The molecule has 0 bridgehead atoms. The molecule has 0 saturated carbocycles. The number of nitrogens with two attached hydrogens (primary N) is 1. The molecule has 0 aliphatic rings. The molecule has 0 aromatic heterocycles. The van der Waals surface area contributed by atoms with Gasteiger partial charge in [-0.1, -0.05) is 38.3 Å². The molecule has 0 saturated heterocycles. The first-order chi connectivity index (χ1) is 9.49. The van der Waals surface area contributed by atoms with Crippen LogP contribution in [0.2, 0.25) is 5.02 Å². The summed E-state index contributed by atoms with van der Waals surface area (Å²) in [6.45, 7) is 6.48. The van der Waals surface area contributed by atoms with Crippen LogP contribution < -0.4 is 5.73 Å². The number of hydrogen-bond donors (Lipinski definition) is 1. The van der Waals surface area contributed by atoms with Crippen LogP contribution in [0.25, 0.3) is 0 Å². The molecular formula is C16H24ClNO2. The highest BCUT2D eigenvalue weighted by molar-refractivity contribution is 6.30. The number of ether oxygens (including phenoxy) is 1. The van der Waals surface area contributed by atoms with Crippen LogP contribution in [0.4, 0.5) is 5.69 Å². The van der Waals surface area contributed by atoms with Gasteiger partial charge in [0.05, 0.1) is 12.5 Å². The molecule has 0 spiro atoms. The van der Waals surface area contributed by atoms with Gasteiger partial charge in [-0.05, 0) is 43.0 Å². The Labute approximate surface area is 126 Å². The van der Waals surface area contributed by atoms with E-state index in [1.807, 2.05) is 6.92 Å². The summed E-state index contributed by atoms with van der Waals surface area (Å²) in [5.41, 5.74) is 7.38. The van der Waals surface area contributed by atoms with E-state index in [1.165, 1.54) is 0 Å². The summed E-state index contributed by atoms with van der Waals surface area (Å²) in [6.07, 6.45) is 2.91. The first-order valence-corrected chi connectivity index (χ1v) is 7.58. The average Bonchev–Trinajstić information content (AvgIpc) is 2.39. The number of esters is 1. The van der Waals surface area contributed by atoms with E-state index in [0.29, 0.717) is 23.2 Å². The highest BCUT2D eigenvalue weighted by Gasteiger charge is 2.26. The maximum absolute atomic E-state index is 12.2. The number of hydrogen-bond acceptors (Lipinski definition) is 3. The number of carbonyl (C=O) groups is 1. The van der Waals surface area contributed by atoms with Crippen LogP contribution in [0.1, 0.15) is 51.5 Å². The maximum atomic E-state index is 12.2. The van der Waals surface area contributed by atoms with Crippen molar-refractivity contribution in [2.75, 3.05) is 12.3 Å². The Hall–Kier alpha value is -1.22. The van der Waals surface area contributed by atoms with E-state index < -0.39 is 0 Å². The molecular weight excluding hydrogens is 274 g/mol. The third-order valence-corrected chi connectivity index (χ3v) is 3.65. The zero-order valence-electron chi connectivity index (χ0n) is 12.5. The normalized spacial score (nSPS) is 13.8. The molecule has 20 heavy (non-hydrogen) atoms. The van der Waals surface area contributed by atoms with E-state index in [2.05, 4.69) is 13.8 Å². The lowest BCUT2D eigenvalue weighted by Crippen LogP contribution is -2.19. The topological polar surface area (TPSA) is 52.3 Å². The molecule has 0 aliphatic heterocycles. The zero-order valence-corrected chi connectivity index (χ0v) is 13.2. The molecule has 2 N–H and O–H groups in total. The predicted octanol–water partition coefficient (Wildman–Crippen LogP) is 4.40. The number of halogens is 1. The van der Waals surface area contributed by atoms with Gasteiger partial charge in [-0.2, -0.15) is 0 Å². The second-order valence-electron chi connectivity index (χ2n) is 5.21. The fourth-order valence-electron chi connectivity index (χ4n) is 2.45. The highest BCUT2D eigenvalue weighted by Crippen LogP contribution is 2.32. The molecule has 2 atom stereocenters. The molecule has 1 rings (SSSR count). The fourth-order valence-corrected chi connectivity index (χ4v) is 2.63. The van der Waals surface area contributed by atoms with Gasteiger partial charge in [-0.15, -0.1) is 0 Å². The number of nitrogen functional groups attached to an aromatic ring is 1. The van der Waals surface area contributed by atoms with Crippen LogP contribution in [0.5, 0.6) is 0 Å². The van der Waals surface area contributed by atoms with Crippen molar-refractivity contribution in [3.8, 4) is 0 Å². The van der Waals surface area contributed by atoms with Gasteiger partial charge in [0.2, 0.25) is 0 Å². The van der Waals surface area contributed by atoms with E-state index in [4.69, 9.17) is 22.1 Å². The van der Waals surface area contributed by atoms with Crippen molar-refractivity contribution in [2.45, 2.75) is 46.0 Å². The van der Waals surface area contributed by atoms with Crippen molar-refractivity contribution in [3.05, 3.63) is 28.8 Å². The minimum Gasteiger partial charge on any atom is -0.466 e. The SMILES string of the molecule is CCCC(C)CC(C(=O)OCC)c1cc(Cl)ccc1N. The largest absolute Gasteiger partial charge is 0.466 e. The van der Waals surface area contributed by atoms with Gasteiger partial charge in [0, 0.05) is 10.7 Å². The Morgan fingerprint density at radius 1 is 1.40 bits per heavy atom. The van der Waals surface area contributed by atoms with E-state index in [-0.39, 0.29) is 11.9 Å². The zero-order chi connectivity index (χ0) is 15.1. The molecule has 0 amide bonds. The summed E-state index contributed by atoms with van der Waals surface area (Å²) in [6, 6.07) is 5.25. The quantitative estimate of drug-likeness (QED) is 0.599.